The first-order chi connectivity index (χ1) is 7.06. The summed E-state index contributed by atoms with van der Waals surface area (Å²) in [5, 5.41) is 10.5. The Morgan fingerprint density at radius 2 is 2.27 bits per heavy atom. The fourth-order valence-corrected chi connectivity index (χ4v) is 1.10. The number of nitrogens with zero attached hydrogens (tertiary/aromatic N) is 3. The Kier molecular flexibility index (Phi) is 3.22. The first-order valence-electron chi connectivity index (χ1n) is 4.26. The normalized spacial score (nSPS) is 11.2. The quantitative estimate of drug-likeness (QED) is 0.339. The summed E-state index contributed by atoms with van der Waals surface area (Å²) in [4.78, 5) is 15.5. The van der Waals surface area contributed by atoms with Crippen molar-refractivity contribution in [3.05, 3.63) is 34.4 Å². The van der Waals surface area contributed by atoms with Gasteiger partial charge in [-0.05, 0) is 6.07 Å². The van der Waals surface area contributed by atoms with Crippen LogP contribution in [-0.4, -0.2) is 25.0 Å². The molecule has 6 heteroatoms. The van der Waals surface area contributed by atoms with Gasteiger partial charge in [-0.3, -0.25) is 15.1 Å². The highest BCUT2D eigenvalue weighted by Crippen LogP contribution is 2.19. The molecule has 0 aromatic heterocycles. The molecule has 15 heavy (non-hydrogen) atoms. The standard InChI is InChI=1S/C9H12N4O2/c1-11-9(10)12(2)7-4-3-5-8(6-7)13(14)15/h3-6H,1-2H3,(H2,10,11). The molecule has 1 aromatic carbocycles. The summed E-state index contributed by atoms with van der Waals surface area (Å²) in [7, 11) is 3.25. The van der Waals surface area contributed by atoms with Crippen LogP contribution in [0.5, 0.6) is 0 Å². The lowest BCUT2D eigenvalue weighted by molar-refractivity contribution is -0.384. The molecule has 0 fully saturated rings. The molecule has 0 aliphatic rings. The van der Waals surface area contributed by atoms with Crippen LogP contribution in [0.4, 0.5) is 11.4 Å². The lowest BCUT2D eigenvalue weighted by atomic mass is 10.2. The third kappa shape index (κ3) is 2.43. The van der Waals surface area contributed by atoms with Crippen molar-refractivity contribution >= 4 is 17.3 Å². The van der Waals surface area contributed by atoms with Gasteiger partial charge in [0, 0.05) is 26.2 Å². The van der Waals surface area contributed by atoms with Crippen LogP contribution in [-0.2, 0) is 0 Å². The molecule has 1 rings (SSSR count). The number of nitrogens with two attached hydrogens (primary N) is 1. The van der Waals surface area contributed by atoms with E-state index in [2.05, 4.69) is 4.99 Å². The van der Waals surface area contributed by atoms with Gasteiger partial charge in [-0.1, -0.05) is 6.07 Å². The maximum absolute atomic E-state index is 10.5. The number of hydrogen-bond acceptors (Lipinski definition) is 3. The van der Waals surface area contributed by atoms with E-state index in [0.717, 1.165) is 0 Å². The van der Waals surface area contributed by atoms with Crippen LogP contribution in [0.25, 0.3) is 0 Å². The summed E-state index contributed by atoms with van der Waals surface area (Å²) in [6, 6.07) is 6.20. The molecule has 0 saturated carbocycles. The number of benzene rings is 1. The second-order valence-corrected chi connectivity index (χ2v) is 2.92. The number of nitro groups is 1. The molecule has 0 atom stereocenters. The van der Waals surface area contributed by atoms with Crippen LogP contribution in [0.2, 0.25) is 0 Å². The van der Waals surface area contributed by atoms with Crippen LogP contribution >= 0.6 is 0 Å². The van der Waals surface area contributed by atoms with E-state index in [9.17, 15) is 10.1 Å². The summed E-state index contributed by atoms with van der Waals surface area (Å²) >= 11 is 0. The molecule has 0 saturated heterocycles. The Labute approximate surface area is 87.2 Å². The zero-order chi connectivity index (χ0) is 11.4. The van der Waals surface area contributed by atoms with Crippen molar-refractivity contribution in [3.63, 3.8) is 0 Å². The molecular weight excluding hydrogens is 196 g/mol. The minimum Gasteiger partial charge on any atom is -0.370 e. The minimum atomic E-state index is -0.448. The molecule has 0 aliphatic heterocycles. The van der Waals surface area contributed by atoms with Crippen LogP contribution < -0.4 is 10.6 Å². The maximum atomic E-state index is 10.5. The van der Waals surface area contributed by atoms with Crippen LogP contribution in [0.3, 0.4) is 0 Å². The van der Waals surface area contributed by atoms with Gasteiger partial charge in [-0.15, -0.1) is 0 Å². The Hall–Kier alpha value is -2.11. The van der Waals surface area contributed by atoms with Crippen molar-refractivity contribution < 1.29 is 4.92 Å². The Morgan fingerprint density at radius 1 is 1.60 bits per heavy atom. The summed E-state index contributed by atoms with van der Waals surface area (Å²) in [6.45, 7) is 0. The van der Waals surface area contributed by atoms with Gasteiger partial charge >= 0.3 is 0 Å². The number of rotatable bonds is 2. The molecule has 0 spiro atoms. The first kappa shape index (κ1) is 11.0. The number of guanidine groups is 1. The van der Waals surface area contributed by atoms with Gasteiger partial charge in [-0.2, -0.15) is 0 Å². The molecule has 0 aliphatic carbocycles. The van der Waals surface area contributed by atoms with Gasteiger partial charge in [0.2, 0.25) is 0 Å². The Bertz CT molecular complexity index is 403. The van der Waals surface area contributed by atoms with E-state index < -0.39 is 4.92 Å². The van der Waals surface area contributed by atoms with Crippen LogP contribution in [0, 0.1) is 10.1 Å². The van der Waals surface area contributed by atoms with Gasteiger partial charge in [-0.25, -0.2) is 0 Å². The van der Waals surface area contributed by atoms with Gasteiger partial charge in [0.1, 0.15) is 0 Å². The Morgan fingerprint density at radius 3 is 2.80 bits per heavy atom. The van der Waals surface area contributed by atoms with E-state index in [-0.39, 0.29) is 5.69 Å². The molecule has 0 unspecified atom stereocenters. The summed E-state index contributed by atoms with van der Waals surface area (Å²) in [5.74, 6) is 0.301. The third-order valence-electron chi connectivity index (χ3n) is 2.00. The summed E-state index contributed by atoms with van der Waals surface area (Å²) in [6.07, 6.45) is 0. The van der Waals surface area contributed by atoms with E-state index in [1.807, 2.05) is 0 Å². The van der Waals surface area contributed by atoms with E-state index in [0.29, 0.717) is 11.6 Å². The topological polar surface area (TPSA) is 84.8 Å². The van der Waals surface area contributed by atoms with Gasteiger partial charge < -0.3 is 10.6 Å². The van der Waals surface area contributed by atoms with Crippen LogP contribution in [0.15, 0.2) is 29.3 Å². The summed E-state index contributed by atoms with van der Waals surface area (Å²) in [5.41, 5.74) is 6.24. The molecule has 80 valence electrons. The zero-order valence-electron chi connectivity index (χ0n) is 8.54. The second-order valence-electron chi connectivity index (χ2n) is 2.92. The Balaban J connectivity index is 3.05. The van der Waals surface area contributed by atoms with E-state index in [1.165, 1.54) is 12.1 Å². The number of anilines is 1. The molecule has 0 amide bonds. The number of non-ortho nitro benzene ring substituents is 1. The predicted molar refractivity (Wildman–Crippen MR) is 59.0 cm³/mol. The van der Waals surface area contributed by atoms with Crippen molar-refractivity contribution in [1.29, 1.82) is 0 Å². The predicted octanol–water partition coefficient (Wildman–Crippen LogP) is 0.975. The molecular formula is C9H12N4O2. The van der Waals surface area contributed by atoms with Gasteiger partial charge in [0.05, 0.1) is 10.6 Å². The fourth-order valence-electron chi connectivity index (χ4n) is 1.10. The van der Waals surface area contributed by atoms with Crippen molar-refractivity contribution in [3.8, 4) is 0 Å². The van der Waals surface area contributed by atoms with Crippen molar-refractivity contribution in [1.82, 2.24) is 0 Å². The van der Waals surface area contributed by atoms with Crippen molar-refractivity contribution in [2.75, 3.05) is 19.0 Å². The number of aliphatic imine (C=N–C) groups is 1. The molecule has 2 N–H and O–H groups in total. The minimum absolute atomic E-state index is 0.0308. The highest BCUT2D eigenvalue weighted by Gasteiger charge is 2.09. The van der Waals surface area contributed by atoms with Crippen LogP contribution in [0.1, 0.15) is 0 Å². The highest BCUT2D eigenvalue weighted by molar-refractivity contribution is 5.94. The lowest BCUT2D eigenvalue weighted by Gasteiger charge is -2.17. The molecule has 6 nitrogen and oxygen atoms in total. The molecule has 1 aromatic rings. The average Bonchev–Trinajstić information content (AvgIpc) is 2.27. The molecule has 0 heterocycles. The first-order valence-corrected chi connectivity index (χ1v) is 4.26. The van der Waals surface area contributed by atoms with Gasteiger partial charge in [0.25, 0.3) is 5.69 Å². The van der Waals surface area contributed by atoms with Gasteiger partial charge in [0.15, 0.2) is 5.96 Å². The SMILES string of the molecule is CN=C(N)N(C)c1cccc([N+](=O)[O-])c1. The monoisotopic (exact) mass is 208 g/mol. The fraction of sp³-hybridized carbons (Fsp3) is 0.222. The van der Waals surface area contributed by atoms with E-state index in [1.54, 1.807) is 31.1 Å². The second kappa shape index (κ2) is 4.41. The highest BCUT2D eigenvalue weighted by atomic mass is 16.6. The number of nitro benzene ring substituents is 1. The van der Waals surface area contributed by atoms with Crippen molar-refractivity contribution in [2.24, 2.45) is 10.7 Å². The van der Waals surface area contributed by atoms with E-state index >= 15 is 0 Å². The lowest BCUT2D eigenvalue weighted by Crippen LogP contribution is -2.33. The molecule has 0 radical (unpaired) electrons. The largest absolute Gasteiger partial charge is 0.370 e. The number of hydrogen-bond donors (Lipinski definition) is 1. The summed E-state index contributed by atoms with van der Waals surface area (Å²) < 4.78 is 0. The molecule has 0 bridgehead atoms. The van der Waals surface area contributed by atoms with E-state index in [4.69, 9.17) is 5.73 Å². The maximum Gasteiger partial charge on any atom is 0.271 e. The van der Waals surface area contributed by atoms with Crippen molar-refractivity contribution in [2.45, 2.75) is 0 Å². The smallest absolute Gasteiger partial charge is 0.271 e. The zero-order valence-corrected chi connectivity index (χ0v) is 8.54. The average molecular weight is 208 g/mol. The third-order valence-corrected chi connectivity index (χ3v) is 2.00.